The smallest absolute Gasteiger partial charge is 0.147 e. The number of hydrogen-bond acceptors (Lipinski definition) is 4. The van der Waals surface area contributed by atoms with Gasteiger partial charge in [0.05, 0.1) is 10.0 Å². The van der Waals surface area contributed by atoms with Crippen molar-refractivity contribution in [3.8, 4) is 0 Å². The zero-order valence-electron chi connectivity index (χ0n) is 11.5. The highest BCUT2D eigenvalue weighted by Gasteiger charge is 2.25. The van der Waals surface area contributed by atoms with E-state index in [0.717, 1.165) is 19.5 Å². The average molecular weight is 303 g/mol. The summed E-state index contributed by atoms with van der Waals surface area (Å²) in [5.74, 6) is 1.91. The minimum atomic E-state index is 0.395. The van der Waals surface area contributed by atoms with Gasteiger partial charge in [-0.1, -0.05) is 30.1 Å². The fraction of sp³-hybridized carbons (Fsp3) is 0.615. The van der Waals surface area contributed by atoms with Crippen molar-refractivity contribution in [1.82, 2.24) is 9.88 Å². The Morgan fingerprint density at radius 3 is 2.63 bits per heavy atom. The monoisotopic (exact) mass is 302 g/mol. The van der Waals surface area contributed by atoms with Gasteiger partial charge in [0.25, 0.3) is 0 Å². The summed E-state index contributed by atoms with van der Waals surface area (Å²) in [7, 11) is 3.95. The summed E-state index contributed by atoms with van der Waals surface area (Å²) in [4.78, 5) is 6.78. The minimum absolute atomic E-state index is 0.395. The molecule has 1 aromatic rings. The van der Waals surface area contributed by atoms with Crippen LogP contribution in [0.3, 0.4) is 0 Å². The molecule has 0 bridgehead atoms. The lowest BCUT2D eigenvalue weighted by atomic mass is 9.94. The predicted molar refractivity (Wildman–Crippen MR) is 82.5 cm³/mol. The summed E-state index contributed by atoms with van der Waals surface area (Å²) < 4.78 is 0. The number of nitrogens with one attached hydrogen (secondary N) is 2. The Labute approximate surface area is 124 Å². The minimum Gasteiger partial charge on any atom is -0.372 e. The normalized spacial score (nSPS) is 24.3. The maximum atomic E-state index is 6.21. The van der Waals surface area contributed by atoms with Crippen molar-refractivity contribution in [3.63, 3.8) is 0 Å². The molecule has 2 unspecified atom stereocenters. The van der Waals surface area contributed by atoms with E-state index in [2.05, 4.69) is 34.5 Å². The van der Waals surface area contributed by atoms with E-state index in [4.69, 9.17) is 23.2 Å². The van der Waals surface area contributed by atoms with Gasteiger partial charge in [-0.05, 0) is 32.0 Å². The zero-order valence-corrected chi connectivity index (χ0v) is 13.0. The second-order valence-corrected chi connectivity index (χ2v) is 5.99. The molecule has 4 nitrogen and oxygen atoms in total. The molecule has 1 fully saturated rings. The summed E-state index contributed by atoms with van der Waals surface area (Å²) in [6.45, 7) is 4.42. The van der Waals surface area contributed by atoms with E-state index in [0.29, 0.717) is 33.6 Å². The number of nitrogens with zero attached hydrogens (tertiary/aromatic N) is 2. The first-order chi connectivity index (χ1) is 9.01. The van der Waals surface area contributed by atoms with Gasteiger partial charge in [-0.25, -0.2) is 4.98 Å². The van der Waals surface area contributed by atoms with E-state index in [1.165, 1.54) is 0 Å². The van der Waals surface area contributed by atoms with E-state index in [-0.39, 0.29) is 0 Å². The number of aromatic nitrogens is 1. The van der Waals surface area contributed by atoms with Gasteiger partial charge in [0.15, 0.2) is 0 Å². The molecule has 6 heteroatoms. The van der Waals surface area contributed by atoms with Crippen LogP contribution in [0.4, 0.5) is 11.6 Å². The molecule has 2 atom stereocenters. The molecule has 0 aromatic carbocycles. The van der Waals surface area contributed by atoms with Crippen LogP contribution >= 0.6 is 23.2 Å². The molecule has 19 heavy (non-hydrogen) atoms. The number of piperidine rings is 1. The van der Waals surface area contributed by atoms with Crippen molar-refractivity contribution in [1.29, 1.82) is 0 Å². The van der Waals surface area contributed by atoms with E-state index >= 15 is 0 Å². The van der Waals surface area contributed by atoms with Gasteiger partial charge in [0.1, 0.15) is 11.6 Å². The SMILES string of the molecule is CNc1nc(NC2CCN(C)CC2C)c(Cl)cc1Cl. The molecule has 0 saturated carbocycles. The van der Waals surface area contributed by atoms with Crippen LogP contribution in [0.1, 0.15) is 13.3 Å². The van der Waals surface area contributed by atoms with Gasteiger partial charge < -0.3 is 15.5 Å². The largest absolute Gasteiger partial charge is 0.372 e. The zero-order chi connectivity index (χ0) is 14.0. The molecule has 1 aliphatic heterocycles. The van der Waals surface area contributed by atoms with Crippen LogP contribution in [-0.4, -0.2) is 43.1 Å². The molecule has 0 amide bonds. The van der Waals surface area contributed by atoms with Crippen LogP contribution < -0.4 is 10.6 Å². The van der Waals surface area contributed by atoms with Crippen LogP contribution in [0.25, 0.3) is 0 Å². The van der Waals surface area contributed by atoms with Gasteiger partial charge in [-0.15, -0.1) is 0 Å². The lowest BCUT2D eigenvalue weighted by Crippen LogP contribution is -2.43. The molecule has 2 heterocycles. The molecular formula is C13H20Cl2N4. The molecule has 2 N–H and O–H groups in total. The fourth-order valence-electron chi connectivity index (χ4n) is 2.49. The Bertz CT molecular complexity index is 453. The topological polar surface area (TPSA) is 40.2 Å². The molecule has 0 aliphatic carbocycles. The van der Waals surface area contributed by atoms with E-state index in [9.17, 15) is 0 Å². The van der Waals surface area contributed by atoms with Crippen LogP contribution in [0.5, 0.6) is 0 Å². The lowest BCUT2D eigenvalue weighted by Gasteiger charge is -2.35. The first kappa shape index (κ1) is 14.7. The van der Waals surface area contributed by atoms with Crippen molar-refractivity contribution >= 4 is 34.8 Å². The Hall–Kier alpha value is -0.710. The summed E-state index contributed by atoms with van der Waals surface area (Å²) >= 11 is 12.3. The van der Waals surface area contributed by atoms with Gasteiger partial charge in [0, 0.05) is 19.6 Å². The van der Waals surface area contributed by atoms with Crippen molar-refractivity contribution in [2.75, 3.05) is 37.8 Å². The van der Waals surface area contributed by atoms with Crippen LogP contribution in [0.15, 0.2) is 6.07 Å². The van der Waals surface area contributed by atoms with E-state index in [1.54, 1.807) is 13.1 Å². The first-order valence-corrected chi connectivity index (χ1v) is 7.25. The van der Waals surface area contributed by atoms with Crippen LogP contribution in [0, 0.1) is 5.92 Å². The van der Waals surface area contributed by atoms with Gasteiger partial charge >= 0.3 is 0 Å². The van der Waals surface area contributed by atoms with Gasteiger partial charge in [-0.3, -0.25) is 0 Å². The summed E-state index contributed by atoms with van der Waals surface area (Å²) in [5.41, 5.74) is 0. The number of hydrogen-bond donors (Lipinski definition) is 2. The standard InChI is InChI=1S/C13H20Cl2N4/c1-8-7-19(3)5-4-11(8)17-13-10(15)6-9(14)12(16-2)18-13/h6,8,11H,4-5,7H2,1-3H3,(H2,16,17,18). The first-order valence-electron chi connectivity index (χ1n) is 6.50. The molecule has 0 spiro atoms. The number of halogens is 2. The molecule has 106 valence electrons. The van der Waals surface area contributed by atoms with Crippen molar-refractivity contribution < 1.29 is 0 Å². The second-order valence-electron chi connectivity index (χ2n) is 5.18. The van der Waals surface area contributed by atoms with Crippen molar-refractivity contribution in [2.45, 2.75) is 19.4 Å². The molecule has 1 aliphatic rings. The van der Waals surface area contributed by atoms with Gasteiger partial charge in [-0.2, -0.15) is 0 Å². The van der Waals surface area contributed by atoms with Gasteiger partial charge in [0.2, 0.25) is 0 Å². The second kappa shape index (κ2) is 6.16. The predicted octanol–water partition coefficient (Wildman–Crippen LogP) is 3.18. The molecule has 1 saturated heterocycles. The van der Waals surface area contributed by atoms with Crippen LogP contribution in [-0.2, 0) is 0 Å². The third-order valence-electron chi connectivity index (χ3n) is 3.60. The highest BCUT2D eigenvalue weighted by atomic mass is 35.5. The van der Waals surface area contributed by atoms with Crippen molar-refractivity contribution in [2.24, 2.45) is 5.92 Å². The lowest BCUT2D eigenvalue weighted by molar-refractivity contribution is 0.206. The number of pyridine rings is 1. The summed E-state index contributed by atoms with van der Waals surface area (Å²) in [5, 5.41) is 7.52. The molecule has 2 rings (SSSR count). The summed E-state index contributed by atoms with van der Waals surface area (Å²) in [6, 6.07) is 2.12. The highest BCUT2D eigenvalue weighted by Crippen LogP contribution is 2.30. The van der Waals surface area contributed by atoms with E-state index in [1.807, 2.05) is 0 Å². The number of rotatable bonds is 3. The molecule has 0 radical (unpaired) electrons. The third-order valence-corrected chi connectivity index (χ3v) is 4.17. The fourth-order valence-corrected chi connectivity index (χ4v) is 2.99. The van der Waals surface area contributed by atoms with E-state index < -0.39 is 0 Å². The quantitative estimate of drug-likeness (QED) is 0.900. The third kappa shape index (κ3) is 3.44. The Morgan fingerprint density at radius 2 is 2.00 bits per heavy atom. The Morgan fingerprint density at radius 1 is 1.32 bits per heavy atom. The number of likely N-dealkylation sites (tertiary alicyclic amines) is 1. The van der Waals surface area contributed by atoms with Crippen LogP contribution in [0.2, 0.25) is 10.0 Å². The Balaban J connectivity index is 2.14. The summed E-state index contributed by atoms with van der Waals surface area (Å²) in [6.07, 6.45) is 1.09. The Kier molecular flexibility index (Phi) is 4.76. The highest BCUT2D eigenvalue weighted by molar-refractivity contribution is 6.37. The molecule has 1 aromatic heterocycles. The maximum Gasteiger partial charge on any atom is 0.147 e. The van der Waals surface area contributed by atoms with Crippen molar-refractivity contribution in [3.05, 3.63) is 16.1 Å². The number of anilines is 2. The molecular weight excluding hydrogens is 283 g/mol. The maximum absolute atomic E-state index is 6.21. The average Bonchev–Trinajstić information content (AvgIpc) is 2.35.